The highest BCUT2D eigenvalue weighted by atomic mass is 79.9. The zero-order valence-corrected chi connectivity index (χ0v) is 12.4. The van der Waals surface area contributed by atoms with Crippen LogP contribution in [0.4, 0.5) is 5.82 Å². The van der Waals surface area contributed by atoms with Gasteiger partial charge in [-0.25, -0.2) is 9.97 Å². The van der Waals surface area contributed by atoms with Crippen LogP contribution in [0.2, 0.25) is 0 Å². The third-order valence-electron chi connectivity index (χ3n) is 3.75. The highest BCUT2D eigenvalue weighted by molar-refractivity contribution is 9.10. The van der Waals surface area contributed by atoms with Crippen LogP contribution in [0.3, 0.4) is 0 Å². The molecule has 108 valence electrons. The minimum atomic E-state index is -0.966. The maximum Gasteiger partial charge on any atom is 0.148 e. The van der Waals surface area contributed by atoms with Crippen molar-refractivity contribution in [3.8, 4) is 0 Å². The third-order valence-corrected chi connectivity index (χ3v) is 4.35. The number of hydrogen-bond donors (Lipinski definition) is 3. The van der Waals surface area contributed by atoms with Gasteiger partial charge in [0.05, 0.1) is 18.1 Å². The fourth-order valence-corrected chi connectivity index (χ4v) is 3.07. The van der Waals surface area contributed by atoms with Gasteiger partial charge in [-0.05, 0) is 22.9 Å². The summed E-state index contributed by atoms with van der Waals surface area (Å²) in [5.74, 6) is 0.379. The zero-order valence-electron chi connectivity index (χ0n) is 10.8. The highest BCUT2D eigenvalue weighted by Gasteiger charge is 2.45. The molecule has 3 unspecified atom stereocenters. The minimum absolute atomic E-state index is 0.248. The lowest BCUT2D eigenvalue weighted by Gasteiger charge is -2.25. The first-order valence-electron chi connectivity index (χ1n) is 6.19. The number of aliphatic hydroxyl groups is 2. The van der Waals surface area contributed by atoms with Crippen molar-refractivity contribution < 1.29 is 14.9 Å². The van der Waals surface area contributed by atoms with Crippen LogP contribution in [0.15, 0.2) is 17.0 Å². The molecule has 0 aliphatic carbocycles. The maximum absolute atomic E-state index is 10.0. The van der Waals surface area contributed by atoms with E-state index in [-0.39, 0.29) is 6.61 Å². The van der Waals surface area contributed by atoms with Crippen LogP contribution in [0.5, 0.6) is 0 Å². The quantitative estimate of drug-likeness (QED) is 0.745. The molecule has 2 aromatic heterocycles. The van der Waals surface area contributed by atoms with E-state index in [4.69, 9.17) is 10.5 Å². The molecule has 0 bridgehead atoms. The molecule has 0 spiro atoms. The van der Waals surface area contributed by atoms with Crippen LogP contribution >= 0.6 is 15.9 Å². The van der Waals surface area contributed by atoms with Gasteiger partial charge < -0.3 is 25.3 Å². The topological polar surface area (TPSA) is 106 Å². The van der Waals surface area contributed by atoms with Gasteiger partial charge in [0, 0.05) is 17.1 Å². The van der Waals surface area contributed by atoms with Crippen molar-refractivity contribution in [3.05, 3.63) is 17.0 Å². The fourth-order valence-electron chi connectivity index (χ4n) is 2.47. The molecule has 0 radical (unpaired) electrons. The number of rotatable bonds is 2. The summed E-state index contributed by atoms with van der Waals surface area (Å²) in [5.41, 5.74) is 5.51. The first kappa shape index (κ1) is 13.7. The van der Waals surface area contributed by atoms with Gasteiger partial charge >= 0.3 is 0 Å². The van der Waals surface area contributed by atoms with E-state index in [2.05, 4.69) is 25.9 Å². The van der Waals surface area contributed by atoms with Crippen LogP contribution in [-0.4, -0.2) is 43.1 Å². The van der Waals surface area contributed by atoms with Crippen LogP contribution in [0.1, 0.15) is 19.6 Å². The summed E-state index contributed by atoms with van der Waals surface area (Å²) in [6.07, 6.45) is 2.41. The number of halogens is 1. The zero-order chi connectivity index (χ0) is 14.5. The summed E-state index contributed by atoms with van der Waals surface area (Å²) in [5, 5.41) is 20.1. The average molecular weight is 343 g/mol. The number of nitrogens with two attached hydrogens (primary N) is 1. The van der Waals surface area contributed by atoms with E-state index in [9.17, 15) is 10.2 Å². The number of hydrogen-bond acceptors (Lipinski definition) is 6. The number of anilines is 1. The Hall–Kier alpha value is -1.22. The van der Waals surface area contributed by atoms with E-state index in [0.717, 1.165) is 4.47 Å². The highest BCUT2D eigenvalue weighted by Crippen LogP contribution is 2.39. The van der Waals surface area contributed by atoms with E-state index >= 15 is 0 Å². The molecule has 2 aromatic rings. The fraction of sp³-hybridized carbons (Fsp3) is 0.500. The third kappa shape index (κ3) is 1.91. The second kappa shape index (κ2) is 4.66. The maximum atomic E-state index is 10.0. The Kier molecular flexibility index (Phi) is 3.20. The summed E-state index contributed by atoms with van der Waals surface area (Å²) >= 11 is 3.43. The first-order chi connectivity index (χ1) is 9.46. The smallest absolute Gasteiger partial charge is 0.148 e. The predicted molar refractivity (Wildman–Crippen MR) is 75.9 cm³/mol. The molecule has 0 saturated carbocycles. The van der Waals surface area contributed by atoms with Crippen molar-refractivity contribution in [2.75, 3.05) is 12.3 Å². The van der Waals surface area contributed by atoms with E-state index in [1.165, 1.54) is 6.33 Å². The van der Waals surface area contributed by atoms with Gasteiger partial charge in [0.2, 0.25) is 0 Å². The van der Waals surface area contributed by atoms with E-state index < -0.39 is 17.9 Å². The number of fused-ring (bicyclic) bond motifs is 1. The van der Waals surface area contributed by atoms with Gasteiger partial charge in [-0.3, -0.25) is 0 Å². The Morgan fingerprint density at radius 3 is 3.00 bits per heavy atom. The molecule has 0 aromatic carbocycles. The van der Waals surface area contributed by atoms with Gasteiger partial charge in [0.15, 0.2) is 0 Å². The summed E-state index contributed by atoms with van der Waals surface area (Å²) in [7, 11) is 0. The molecule has 3 heterocycles. The van der Waals surface area contributed by atoms with Crippen LogP contribution < -0.4 is 5.73 Å². The molecule has 0 amide bonds. The number of nitrogen functional groups attached to an aromatic ring is 1. The van der Waals surface area contributed by atoms with Crippen molar-refractivity contribution in [3.63, 3.8) is 0 Å². The van der Waals surface area contributed by atoms with Crippen molar-refractivity contribution >= 4 is 32.8 Å². The van der Waals surface area contributed by atoms with Gasteiger partial charge in [-0.2, -0.15) is 0 Å². The van der Waals surface area contributed by atoms with Crippen molar-refractivity contribution in [2.45, 2.75) is 31.3 Å². The lowest BCUT2D eigenvalue weighted by molar-refractivity contribution is -0.115. The lowest BCUT2D eigenvalue weighted by Crippen LogP contribution is -2.39. The standard InChI is InChI=1S/C12H15BrN4O3/c1-12(4-18)7(19)2-8(20-12)17-3-6(13)9-10(14)15-5-16-11(9)17/h3,5,7-8,18-19H,2,4H2,1H3,(H2,14,15,16). The molecule has 3 rings (SSSR count). The lowest BCUT2D eigenvalue weighted by atomic mass is 10.0. The Morgan fingerprint density at radius 2 is 2.35 bits per heavy atom. The molecule has 1 aliphatic heterocycles. The average Bonchev–Trinajstić information content (AvgIpc) is 2.90. The molecule has 1 aliphatic rings. The normalized spacial score (nSPS) is 30.2. The number of aliphatic hydroxyl groups excluding tert-OH is 2. The molecule has 4 N–H and O–H groups in total. The van der Waals surface area contributed by atoms with Crippen LogP contribution in [-0.2, 0) is 4.74 Å². The van der Waals surface area contributed by atoms with Crippen molar-refractivity contribution in [1.29, 1.82) is 0 Å². The number of nitrogens with zero attached hydrogens (tertiary/aromatic N) is 3. The molecular weight excluding hydrogens is 328 g/mol. The molecule has 1 fully saturated rings. The Morgan fingerprint density at radius 1 is 1.60 bits per heavy atom. The summed E-state index contributed by atoms with van der Waals surface area (Å²) in [6.45, 7) is 1.43. The first-order valence-corrected chi connectivity index (χ1v) is 6.99. The molecule has 8 heteroatoms. The van der Waals surface area contributed by atoms with E-state index in [1.54, 1.807) is 17.7 Å². The Bertz CT molecular complexity index is 661. The van der Waals surface area contributed by atoms with Gasteiger partial charge in [-0.1, -0.05) is 0 Å². The van der Waals surface area contributed by atoms with Crippen LogP contribution in [0.25, 0.3) is 11.0 Å². The largest absolute Gasteiger partial charge is 0.393 e. The second-order valence-corrected chi connectivity index (χ2v) is 5.99. The Labute approximate surface area is 123 Å². The van der Waals surface area contributed by atoms with Crippen molar-refractivity contribution in [1.82, 2.24) is 14.5 Å². The second-order valence-electron chi connectivity index (χ2n) is 5.14. The molecule has 1 saturated heterocycles. The number of ether oxygens (including phenoxy) is 1. The van der Waals surface area contributed by atoms with Crippen LogP contribution in [0, 0.1) is 0 Å². The SMILES string of the molecule is CC1(CO)OC(n2cc(Br)c3c(N)ncnc32)CC1O. The summed E-state index contributed by atoms with van der Waals surface area (Å²) < 4.78 is 8.36. The number of aromatic nitrogens is 3. The molecule has 3 atom stereocenters. The monoisotopic (exact) mass is 342 g/mol. The van der Waals surface area contributed by atoms with E-state index in [1.807, 2.05) is 0 Å². The minimum Gasteiger partial charge on any atom is -0.393 e. The predicted octanol–water partition coefficient (Wildman–Crippen LogP) is 0.807. The molecule has 7 nitrogen and oxygen atoms in total. The van der Waals surface area contributed by atoms with Gasteiger partial charge in [-0.15, -0.1) is 0 Å². The van der Waals surface area contributed by atoms with Crippen molar-refractivity contribution in [2.24, 2.45) is 0 Å². The van der Waals surface area contributed by atoms with E-state index in [0.29, 0.717) is 23.3 Å². The van der Waals surface area contributed by atoms with Gasteiger partial charge in [0.1, 0.15) is 29.6 Å². The summed E-state index contributed by atoms with van der Waals surface area (Å²) in [4.78, 5) is 8.18. The molecular formula is C12H15BrN4O3. The molecule has 20 heavy (non-hydrogen) atoms. The Balaban J connectivity index is 2.07. The summed E-state index contributed by atoms with van der Waals surface area (Å²) in [6, 6.07) is 0. The van der Waals surface area contributed by atoms with Gasteiger partial charge in [0.25, 0.3) is 0 Å².